The van der Waals surface area contributed by atoms with Gasteiger partial charge in [-0.25, -0.2) is 13.5 Å². The fraction of sp³-hybridized carbons (Fsp3) is 0.333. The molecule has 0 saturated heterocycles. The van der Waals surface area contributed by atoms with Crippen molar-refractivity contribution >= 4 is 34.1 Å². The number of nitrogens with zero attached hydrogens (tertiary/aromatic N) is 4. The fourth-order valence-corrected chi connectivity index (χ4v) is 6.65. The normalized spacial score (nSPS) is 16.0. The summed E-state index contributed by atoms with van der Waals surface area (Å²) in [5.41, 5.74) is -0.0980. The number of fused-ring (bicyclic) bond motifs is 2. The summed E-state index contributed by atoms with van der Waals surface area (Å²) in [6, 6.07) is 20.7. The first kappa shape index (κ1) is 36.9. The Labute approximate surface area is 302 Å². The highest BCUT2D eigenvalue weighted by Gasteiger charge is 2.52. The number of nitrogens with one attached hydrogen (secondary N) is 1. The van der Waals surface area contributed by atoms with Crippen molar-refractivity contribution in [2.75, 3.05) is 0 Å². The molecule has 0 unspecified atom stereocenters. The Hall–Kier alpha value is -4.84. The lowest BCUT2D eigenvalue weighted by molar-refractivity contribution is -0.0682. The smallest absolute Gasteiger partial charge is 0.297 e. The van der Waals surface area contributed by atoms with Crippen molar-refractivity contribution in [2.24, 2.45) is 12.0 Å². The number of amides is 1. The molecule has 1 saturated carbocycles. The van der Waals surface area contributed by atoms with Crippen molar-refractivity contribution in [3.05, 3.63) is 133 Å². The molecular weight excluding hydrogens is 701 g/mol. The lowest BCUT2D eigenvalue weighted by Crippen LogP contribution is -2.44. The van der Waals surface area contributed by atoms with Crippen LogP contribution in [-0.4, -0.2) is 42.9 Å². The molecule has 3 heterocycles. The van der Waals surface area contributed by atoms with E-state index < -0.39 is 41.0 Å². The first-order valence-corrected chi connectivity index (χ1v) is 17.2. The van der Waals surface area contributed by atoms with Crippen LogP contribution in [-0.2, 0) is 19.5 Å². The average molecular weight is 738 g/mol. The Kier molecular flexibility index (Phi) is 9.91. The third-order valence-corrected chi connectivity index (χ3v) is 9.66. The third-order valence-electron chi connectivity index (χ3n) is 9.43. The van der Waals surface area contributed by atoms with Crippen LogP contribution in [0.25, 0.3) is 10.9 Å². The molecule has 2 aromatic heterocycles. The van der Waals surface area contributed by atoms with Crippen LogP contribution in [0.1, 0.15) is 96.7 Å². The molecule has 0 bridgehead atoms. The molecule has 5 aromatic rings. The number of alkyl halides is 4. The zero-order chi connectivity index (χ0) is 37.7. The van der Waals surface area contributed by atoms with Crippen LogP contribution >= 0.6 is 11.6 Å². The molecule has 3 aromatic carbocycles. The maximum Gasteiger partial charge on any atom is 0.297 e. The summed E-state index contributed by atoms with van der Waals surface area (Å²) < 4.78 is 71.3. The molecule has 1 fully saturated rings. The number of hydrogen-bond acceptors (Lipinski definition) is 4. The number of aromatic amines is 1. The maximum atomic E-state index is 14.8. The molecule has 1 aliphatic heterocycles. The van der Waals surface area contributed by atoms with Gasteiger partial charge in [-0.05, 0) is 73.4 Å². The van der Waals surface area contributed by atoms with Crippen LogP contribution in [0.4, 0.5) is 22.0 Å². The van der Waals surface area contributed by atoms with Crippen molar-refractivity contribution in [1.29, 1.82) is 0 Å². The lowest BCUT2D eigenvalue weighted by Gasteiger charge is -2.37. The van der Waals surface area contributed by atoms with E-state index in [0.29, 0.717) is 32.1 Å². The summed E-state index contributed by atoms with van der Waals surface area (Å²) in [5.74, 6) is -4.72. The van der Waals surface area contributed by atoms with Crippen LogP contribution in [0.3, 0.4) is 0 Å². The Morgan fingerprint density at radius 3 is 2.37 bits per heavy atom. The van der Waals surface area contributed by atoms with Crippen molar-refractivity contribution in [3.63, 3.8) is 0 Å². The Bertz CT molecular complexity index is 2260. The van der Waals surface area contributed by atoms with Gasteiger partial charge in [0.15, 0.2) is 0 Å². The number of carbonyl (C=O) groups excluding carboxylic acids is 1. The van der Waals surface area contributed by atoms with E-state index >= 15 is 0 Å². The SMILES string of the molecule is CC(C)c1ccc(Cl)cc1CN(C(=O)c1c(C(F)F)nn(C)c1F)C1CC1.CC1(C)N=C(c2cc3ccccc3[nH]c2=O)c2ccccc2C1(F)F. The van der Waals surface area contributed by atoms with E-state index in [4.69, 9.17) is 11.6 Å². The monoisotopic (exact) mass is 737 g/mol. The van der Waals surface area contributed by atoms with Crippen LogP contribution in [0, 0.1) is 5.95 Å². The van der Waals surface area contributed by atoms with E-state index in [1.165, 1.54) is 31.9 Å². The number of carbonyl (C=O) groups is 1. The van der Waals surface area contributed by atoms with Crippen LogP contribution < -0.4 is 5.56 Å². The second-order valence-electron chi connectivity index (χ2n) is 13.9. The largest absolute Gasteiger partial charge is 0.331 e. The molecule has 272 valence electrons. The molecule has 0 spiro atoms. The summed E-state index contributed by atoms with van der Waals surface area (Å²) >= 11 is 6.12. The molecule has 1 amide bonds. The minimum atomic E-state index is -3.11. The summed E-state index contributed by atoms with van der Waals surface area (Å²) in [6.07, 6.45) is -1.51. The van der Waals surface area contributed by atoms with Gasteiger partial charge in [-0.15, -0.1) is 0 Å². The molecule has 13 heteroatoms. The Morgan fingerprint density at radius 2 is 1.69 bits per heavy atom. The standard InChI is InChI=1S/C20H16F2N2O.C19H21ClF3N3O/c1-19(2)20(21,22)15-9-5-4-8-13(15)17(24-19)14-11-12-7-3-6-10-16(12)23-18(14)25;1-10(2)14-7-4-12(20)8-11(14)9-26(13-5-6-13)19(27)15-16(17(21)22)24-25(3)18(15)23/h3-11H,1-2H3,(H,23,25);4,7-8,10,13,17H,5-6,9H2,1-3H3. The van der Waals surface area contributed by atoms with Gasteiger partial charge in [0.25, 0.3) is 23.8 Å². The van der Waals surface area contributed by atoms with Crippen molar-refractivity contribution in [1.82, 2.24) is 19.7 Å². The van der Waals surface area contributed by atoms with Gasteiger partial charge in [-0.1, -0.05) is 74.0 Å². The number of para-hydroxylation sites is 1. The summed E-state index contributed by atoms with van der Waals surface area (Å²) in [5, 5.41) is 4.84. The average Bonchev–Trinajstić information content (AvgIpc) is 3.89. The first-order chi connectivity index (χ1) is 24.5. The van der Waals surface area contributed by atoms with Crippen LogP contribution in [0.15, 0.2) is 82.6 Å². The van der Waals surface area contributed by atoms with Crippen LogP contribution in [0.2, 0.25) is 5.02 Å². The summed E-state index contributed by atoms with van der Waals surface area (Å²) in [6.45, 7) is 7.00. The number of benzene rings is 3. The number of H-pyrrole nitrogens is 1. The third kappa shape index (κ3) is 6.88. The first-order valence-electron chi connectivity index (χ1n) is 16.8. The van der Waals surface area contributed by atoms with Crippen molar-refractivity contribution < 1.29 is 26.7 Å². The Morgan fingerprint density at radius 1 is 1.02 bits per heavy atom. The van der Waals surface area contributed by atoms with Gasteiger partial charge in [0, 0.05) is 41.3 Å². The van der Waals surface area contributed by atoms with Crippen molar-refractivity contribution in [3.8, 4) is 0 Å². The van der Waals surface area contributed by atoms with E-state index in [9.17, 15) is 31.5 Å². The van der Waals surface area contributed by atoms with Gasteiger partial charge in [-0.2, -0.15) is 18.3 Å². The number of hydrogen-bond donors (Lipinski definition) is 1. The fourth-order valence-electron chi connectivity index (χ4n) is 6.46. The van der Waals surface area contributed by atoms with Gasteiger partial charge < -0.3 is 9.88 Å². The van der Waals surface area contributed by atoms with Crippen molar-refractivity contribution in [2.45, 2.75) is 76.9 Å². The van der Waals surface area contributed by atoms with E-state index in [0.717, 1.165) is 29.4 Å². The second-order valence-corrected chi connectivity index (χ2v) is 14.3. The number of pyridine rings is 1. The number of aryl methyl sites for hydroxylation is 1. The minimum Gasteiger partial charge on any atom is -0.331 e. The highest BCUT2D eigenvalue weighted by atomic mass is 35.5. The molecule has 2 aliphatic rings. The van der Waals surface area contributed by atoms with Crippen LogP contribution in [0.5, 0.6) is 0 Å². The van der Waals surface area contributed by atoms with Gasteiger partial charge in [0.1, 0.15) is 16.8 Å². The molecule has 7 rings (SSSR count). The molecule has 1 N–H and O–H groups in total. The van der Waals surface area contributed by atoms with Gasteiger partial charge in [0.2, 0.25) is 5.95 Å². The zero-order valence-corrected chi connectivity index (χ0v) is 29.9. The van der Waals surface area contributed by atoms with Gasteiger partial charge in [-0.3, -0.25) is 14.6 Å². The number of rotatable bonds is 7. The number of aliphatic imine (C=N–C) groups is 1. The quantitative estimate of drug-likeness (QED) is 0.169. The Balaban J connectivity index is 0.000000179. The van der Waals surface area contributed by atoms with Gasteiger partial charge >= 0.3 is 0 Å². The zero-order valence-electron chi connectivity index (χ0n) is 29.2. The lowest BCUT2D eigenvalue weighted by atomic mass is 9.81. The molecule has 0 radical (unpaired) electrons. The molecular formula is C39H37ClF5N5O2. The van der Waals surface area contributed by atoms with E-state index in [1.807, 2.05) is 38.1 Å². The van der Waals surface area contributed by atoms with E-state index in [1.54, 1.807) is 42.5 Å². The molecule has 0 atom stereocenters. The highest BCUT2D eigenvalue weighted by Crippen LogP contribution is 2.46. The second kappa shape index (κ2) is 13.9. The van der Waals surface area contributed by atoms with Gasteiger partial charge in [0.05, 0.1) is 11.3 Å². The summed E-state index contributed by atoms with van der Waals surface area (Å²) in [7, 11) is 1.20. The number of aromatic nitrogens is 3. The highest BCUT2D eigenvalue weighted by molar-refractivity contribution is 6.30. The number of halogens is 6. The summed E-state index contributed by atoms with van der Waals surface area (Å²) in [4.78, 5) is 34.2. The maximum absolute atomic E-state index is 14.8. The predicted octanol–water partition coefficient (Wildman–Crippen LogP) is 9.33. The molecule has 52 heavy (non-hydrogen) atoms. The molecule has 1 aliphatic carbocycles. The minimum absolute atomic E-state index is 0.0957. The van der Waals surface area contributed by atoms with E-state index in [-0.39, 0.29) is 29.6 Å². The topological polar surface area (TPSA) is 83.3 Å². The van der Waals surface area contributed by atoms with E-state index in [2.05, 4.69) is 15.1 Å². The molecule has 7 nitrogen and oxygen atoms in total. The predicted molar refractivity (Wildman–Crippen MR) is 191 cm³/mol.